The first-order valence-corrected chi connectivity index (χ1v) is 16.4. The Morgan fingerprint density at radius 3 is 1.81 bits per heavy atom. The zero-order valence-electron chi connectivity index (χ0n) is 29.2. The van der Waals surface area contributed by atoms with Crippen LogP contribution >= 0.6 is 0 Å². The Morgan fingerprint density at radius 1 is 0.808 bits per heavy atom. The first-order valence-electron chi connectivity index (χ1n) is 16.4. The number of aromatic hydroxyl groups is 1. The molecule has 6 aromatic rings. The number of nitrogens with zero attached hydrogens (tertiary/aromatic N) is 8. The first-order chi connectivity index (χ1) is 25.0. The molecule has 0 aliphatic carbocycles. The molecule has 268 valence electrons. The number of fused-ring (bicyclic) bond motifs is 2. The van der Waals surface area contributed by atoms with Crippen LogP contribution in [0.2, 0.25) is 0 Å². The van der Waals surface area contributed by atoms with Crippen LogP contribution in [0.5, 0.6) is 11.5 Å². The Kier molecular flexibility index (Phi) is 9.59. The number of phenolic OH excluding ortho intramolecular Hbond substituents is 1. The van der Waals surface area contributed by atoms with Gasteiger partial charge in [-0.3, -0.25) is 39.2 Å². The largest absolute Gasteiger partial charge is 0.506 e. The normalized spacial score (nSPS) is 11.5. The SMILES string of the molecule is CCn1nc(C)cc1C(=O)Nc1nc2cc(C(N)=O)cc(O)c2n1C/C=C/Cn1c(NC(=O)c2cc(C)nn2CC)nc2cc(C=O)cc(OC)c21. The lowest BCUT2D eigenvalue weighted by molar-refractivity contribution is 0.0994. The number of primary amides is 1. The highest BCUT2D eigenvalue weighted by Gasteiger charge is 2.22. The van der Waals surface area contributed by atoms with Crippen LogP contribution in [0.25, 0.3) is 22.1 Å². The van der Waals surface area contributed by atoms with Crippen molar-refractivity contribution in [2.45, 2.75) is 53.9 Å². The molecule has 0 saturated carbocycles. The number of anilines is 2. The molecule has 0 spiro atoms. The minimum absolute atomic E-state index is 0.0492. The van der Waals surface area contributed by atoms with Crippen molar-refractivity contribution in [3.63, 3.8) is 0 Å². The quantitative estimate of drug-likeness (QED) is 0.100. The number of phenols is 1. The molecule has 17 nitrogen and oxygen atoms in total. The molecule has 3 amide bonds. The number of carbonyl (C=O) groups is 4. The van der Waals surface area contributed by atoms with Crippen molar-refractivity contribution in [1.82, 2.24) is 38.7 Å². The number of nitrogens with two attached hydrogens (primary N) is 1. The van der Waals surface area contributed by atoms with Gasteiger partial charge in [0.2, 0.25) is 17.8 Å². The van der Waals surface area contributed by atoms with E-state index in [1.54, 1.807) is 68.8 Å². The molecule has 0 fully saturated rings. The highest BCUT2D eigenvalue weighted by Crippen LogP contribution is 2.32. The van der Waals surface area contributed by atoms with Gasteiger partial charge in [0.1, 0.15) is 40.2 Å². The number of rotatable bonds is 13. The summed E-state index contributed by atoms with van der Waals surface area (Å²) in [7, 11) is 1.47. The number of imidazole rings is 2. The molecule has 0 bridgehead atoms. The molecule has 2 aromatic carbocycles. The van der Waals surface area contributed by atoms with E-state index in [-0.39, 0.29) is 47.3 Å². The zero-order chi connectivity index (χ0) is 37.3. The molecule has 5 N–H and O–H groups in total. The summed E-state index contributed by atoms with van der Waals surface area (Å²) in [5.74, 6) is -1.22. The third-order valence-electron chi connectivity index (χ3n) is 8.35. The Bertz CT molecular complexity index is 2410. The summed E-state index contributed by atoms with van der Waals surface area (Å²) in [6.07, 6.45) is 4.26. The van der Waals surface area contributed by atoms with Crippen LogP contribution in [0, 0.1) is 13.8 Å². The van der Waals surface area contributed by atoms with Gasteiger partial charge in [0.25, 0.3) is 11.8 Å². The number of ether oxygens (including phenoxy) is 1. The fourth-order valence-corrected chi connectivity index (χ4v) is 6.04. The van der Waals surface area contributed by atoms with E-state index in [1.165, 1.54) is 19.2 Å². The van der Waals surface area contributed by atoms with Crippen molar-refractivity contribution < 1.29 is 29.0 Å². The molecule has 0 aliphatic rings. The van der Waals surface area contributed by atoms with Crippen LogP contribution in [-0.2, 0) is 26.2 Å². The van der Waals surface area contributed by atoms with Gasteiger partial charge in [0.05, 0.1) is 29.5 Å². The van der Waals surface area contributed by atoms with E-state index < -0.39 is 17.7 Å². The molecule has 0 radical (unpaired) electrons. The van der Waals surface area contributed by atoms with Crippen molar-refractivity contribution in [2.75, 3.05) is 17.7 Å². The fraction of sp³-hybridized carbons (Fsp3) is 0.257. The second-order valence-electron chi connectivity index (χ2n) is 11.9. The zero-order valence-corrected chi connectivity index (χ0v) is 29.2. The van der Waals surface area contributed by atoms with Crippen molar-refractivity contribution in [3.05, 3.63) is 82.5 Å². The van der Waals surface area contributed by atoms with Gasteiger partial charge in [-0.05, 0) is 64.1 Å². The predicted octanol–water partition coefficient (Wildman–Crippen LogP) is 3.82. The fourth-order valence-electron chi connectivity index (χ4n) is 6.04. The standard InChI is InChI=1S/C35H37N11O6/c1-6-45-25(12-19(3)41-45)32(50)39-34-38-24-16-22(31(36)49)17-27(48)29(24)43(34)10-8-9-11-44-30-23(14-21(18-47)15-28(30)52-5)37-35(44)40-33(51)26-13-20(4)42-46(26)7-2/h8-9,12-18,48H,6-7,10-11H2,1-5H3,(H2,36,49)(H,37,40,51)(H,38,39,50)/b9-8+. The van der Waals surface area contributed by atoms with Crippen LogP contribution in [0.4, 0.5) is 11.9 Å². The van der Waals surface area contributed by atoms with Crippen molar-refractivity contribution in [1.29, 1.82) is 0 Å². The van der Waals surface area contributed by atoms with E-state index in [0.29, 0.717) is 64.5 Å². The van der Waals surface area contributed by atoms with E-state index in [4.69, 9.17) is 10.5 Å². The van der Waals surface area contributed by atoms with Gasteiger partial charge >= 0.3 is 0 Å². The average molecular weight is 708 g/mol. The van der Waals surface area contributed by atoms with E-state index in [0.717, 1.165) is 0 Å². The number of nitrogens with one attached hydrogen (secondary N) is 2. The molecular formula is C35H37N11O6. The van der Waals surface area contributed by atoms with Crippen molar-refractivity contribution in [2.24, 2.45) is 5.73 Å². The van der Waals surface area contributed by atoms with E-state index in [2.05, 4.69) is 30.8 Å². The maximum absolute atomic E-state index is 13.5. The van der Waals surface area contributed by atoms with Crippen LogP contribution in [0.15, 0.2) is 48.6 Å². The number of aromatic nitrogens is 8. The summed E-state index contributed by atoms with van der Waals surface area (Å²) >= 11 is 0. The smallest absolute Gasteiger partial charge is 0.276 e. The third kappa shape index (κ3) is 6.58. The minimum Gasteiger partial charge on any atom is -0.506 e. The summed E-state index contributed by atoms with van der Waals surface area (Å²) in [6.45, 7) is 8.56. The number of aryl methyl sites for hydroxylation is 4. The Labute approximate surface area is 296 Å². The van der Waals surface area contributed by atoms with Gasteiger partial charge in [-0.25, -0.2) is 9.97 Å². The highest BCUT2D eigenvalue weighted by atomic mass is 16.5. The van der Waals surface area contributed by atoms with Gasteiger partial charge in [0, 0.05) is 37.3 Å². The molecule has 4 heterocycles. The van der Waals surface area contributed by atoms with E-state index in [9.17, 15) is 24.3 Å². The van der Waals surface area contributed by atoms with Gasteiger partial charge in [0.15, 0.2) is 0 Å². The number of methoxy groups -OCH3 is 1. The number of allylic oxidation sites excluding steroid dienone is 2. The van der Waals surface area contributed by atoms with Gasteiger partial charge in [-0.2, -0.15) is 10.2 Å². The number of benzene rings is 2. The van der Waals surface area contributed by atoms with Crippen LogP contribution in [-0.4, -0.2) is 74.9 Å². The number of hydrogen-bond donors (Lipinski definition) is 4. The number of aldehydes is 1. The van der Waals surface area contributed by atoms with Crippen LogP contribution in [0.1, 0.15) is 66.9 Å². The molecule has 17 heteroatoms. The molecular weight excluding hydrogens is 670 g/mol. The third-order valence-corrected chi connectivity index (χ3v) is 8.35. The molecule has 52 heavy (non-hydrogen) atoms. The monoisotopic (exact) mass is 707 g/mol. The second-order valence-corrected chi connectivity index (χ2v) is 11.9. The molecule has 6 rings (SSSR count). The number of hydrogen-bond acceptors (Lipinski definition) is 10. The highest BCUT2D eigenvalue weighted by molar-refractivity contribution is 6.05. The lowest BCUT2D eigenvalue weighted by Gasteiger charge is -2.12. The maximum Gasteiger partial charge on any atom is 0.276 e. The average Bonchev–Trinajstić information content (AvgIpc) is 3.88. The van der Waals surface area contributed by atoms with Crippen molar-refractivity contribution in [3.8, 4) is 11.5 Å². The molecule has 0 atom stereocenters. The molecule has 0 aliphatic heterocycles. The molecule has 4 aromatic heterocycles. The predicted molar refractivity (Wildman–Crippen MR) is 192 cm³/mol. The Hall–Kier alpha value is -6.78. The second kappa shape index (κ2) is 14.2. The van der Waals surface area contributed by atoms with Gasteiger partial charge in [-0.1, -0.05) is 12.2 Å². The topological polar surface area (TPSA) is 219 Å². The summed E-state index contributed by atoms with van der Waals surface area (Å²) in [6, 6.07) is 9.20. The Balaban J connectivity index is 1.37. The van der Waals surface area contributed by atoms with Gasteiger partial charge in [-0.15, -0.1) is 0 Å². The van der Waals surface area contributed by atoms with E-state index in [1.807, 2.05) is 13.8 Å². The Morgan fingerprint density at radius 2 is 1.33 bits per heavy atom. The summed E-state index contributed by atoms with van der Waals surface area (Å²) in [4.78, 5) is 59.7. The summed E-state index contributed by atoms with van der Waals surface area (Å²) in [5.41, 5.74) is 9.36. The van der Waals surface area contributed by atoms with Crippen LogP contribution < -0.4 is 21.1 Å². The van der Waals surface area contributed by atoms with Gasteiger partial charge < -0.3 is 24.7 Å². The number of carbonyl (C=O) groups excluding carboxylic acids is 4. The minimum atomic E-state index is -0.750. The van der Waals surface area contributed by atoms with E-state index >= 15 is 0 Å². The number of amides is 3. The first kappa shape index (κ1) is 35.1. The van der Waals surface area contributed by atoms with Crippen molar-refractivity contribution >= 4 is 58.0 Å². The molecule has 0 saturated heterocycles. The maximum atomic E-state index is 13.5. The van der Waals surface area contributed by atoms with Crippen LogP contribution in [0.3, 0.4) is 0 Å². The summed E-state index contributed by atoms with van der Waals surface area (Å²) in [5, 5.41) is 25.4. The lowest BCUT2D eigenvalue weighted by atomic mass is 10.1. The summed E-state index contributed by atoms with van der Waals surface area (Å²) < 4.78 is 12.1. The molecule has 0 unspecified atom stereocenters. The lowest BCUT2D eigenvalue weighted by Crippen LogP contribution is -2.20.